The Kier molecular flexibility index (Phi) is 4.75. The molecule has 0 N–H and O–H groups in total. The summed E-state index contributed by atoms with van der Waals surface area (Å²) in [7, 11) is 0. The molecular formula is C6ClF9O. The summed E-state index contributed by atoms with van der Waals surface area (Å²) in [5, 5.41) is -2.95. The molecule has 0 radical (unpaired) electrons. The van der Waals surface area contributed by atoms with E-state index in [-0.39, 0.29) is 0 Å². The SMILES string of the molecule is FC(F)=C(F)OC(F)(F)C(F)(F)C(Cl)=C(F)F. The Balaban J connectivity index is 5.33. The zero-order valence-corrected chi connectivity index (χ0v) is 7.94. The summed E-state index contributed by atoms with van der Waals surface area (Å²) < 4.78 is 110. The second kappa shape index (κ2) is 5.07. The van der Waals surface area contributed by atoms with Crippen LogP contribution < -0.4 is 0 Å². The molecule has 0 aromatic heterocycles. The van der Waals surface area contributed by atoms with Crippen molar-refractivity contribution in [2.24, 2.45) is 0 Å². The molecule has 0 aliphatic carbocycles. The molecule has 0 fully saturated rings. The predicted octanol–water partition coefficient (Wildman–Crippen LogP) is 4.61. The van der Waals surface area contributed by atoms with Crippen molar-refractivity contribution in [3.8, 4) is 0 Å². The number of alkyl halides is 4. The third kappa shape index (κ3) is 3.45. The van der Waals surface area contributed by atoms with Crippen LogP contribution in [-0.4, -0.2) is 12.0 Å². The first-order valence-electron chi connectivity index (χ1n) is 3.30. The zero-order valence-electron chi connectivity index (χ0n) is 7.19. The second-order valence-electron chi connectivity index (χ2n) is 2.30. The molecule has 11 heteroatoms. The maximum Gasteiger partial charge on any atom is 0.472 e. The highest BCUT2D eigenvalue weighted by Gasteiger charge is 2.64. The average molecular weight is 294 g/mol. The van der Waals surface area contributed by atoms with Gasteiger partial charge in [0.15, 0.2) is 5.03 Å². The van der Waals surface area contributed by atoms with Crippen molar-refractivity contribution >= 4 is 11.6 Å². The topological polar surface area (TPSA) is 9.23 Å². The Labute approximate surface area is 92.1 Å². The van der Waals surface area contributed by atoms with Gasteiger partial charge in [0.2, 0.25) is 0 Å². The van der Waals surface area contributed by atoms with Crippen LogP contribution in [0.2, 0.25) is 0 Å². The maximum absolute atomic E-state index is 12.5. The van der Waals surface area contributed by atoms with Crippen LogP contribution in [0.15, 0.2) is 23.2 Å². The van der Waals surface area contributed by atoms with E-state index < -0.39 is 35.2 Å². The minimum absolute atomic E-state index is 2.26. The van der Waals surface area contributed by atoms with Crippen LogP contribution in [0, 0.1) is 0 Å². The first-order chi connectivity index (χ1) is 7.43. The first-order valence-corrected chi connectivity index (χ1v) is 3.68. The minimum Gasteiger partial charge on any atom is -0.397 e. The van der Waals surface area contributed by atoms with Gasteiger partial charge in [0, 0.05) is 0 Å². The van der Waals surface area contributed by atoms with E-state index in [2.05, 4.69) is 16.3 Å². The van der Waals surface area contributed by atoms with Crippen LogP contribution in [0.4, 0.5) is 39.5 Å². The van der Waals surface area contributed by atoms with Gasteiger partial charge in [-0.25, -0.2) is 0 Å². The summed E-state index contributed by atoms with van der Waals surface area (Å²) in [5.41, 5.74) is 0. The van der Waals surface area contributed by atoms with E-state index in [1.807, 2.05) is 0 Å². The van der Waals surface area contributed by atoms with Crippen molar-refractivity contribution in [2.75, 3.05) is 0 Å². The van der Waals surface area contributed by atoms with Gasteiger partial charge in [-0.2, -0.15) is 39.5 Å². The molecule has 0 aromatic rings. The Morgan fingerprint density at radius 2 is 1.24 bits per heavy atom. The Morgan fingerprint density at radius 3 is 1.53 bits per heavy atom. The average Bonchev–Trinajstić information content (AvgIpc) is 2.14. The summed E-state index contributed by atoms with van der Waals surface area (Å²) in [4.78, 5) is 0. The van der Waals surface area contributed by atoms with E-state index in [0.29, 0.717) is 0 Å². The molecule has 0 atom stereocenters. The minimum atomic E-state index is -6.01. The normalized spacial score (nSPS) is 12.1. The van der Waals surface area contributed by atoms with Crippen molar-refractivity contribution in [2.45, 2.75) is 12.0 Å². The van der Waals surface area contributed by atoms with Gasteiger partial charge in [-0.1, -0.05) is 11.6 Å². The van der Waals surface area contributed by atoms with Crippen molar-refractivity contribution in [3.05, 3.63) is 23.2 Å². The van der Waals surface area contributed by atoms with Gasteiger partial charge < -0.3 is 4.74 Å². The van der Waals surface area contributed by atoms with Crippen molar-refractivity contribution in [1.29, 1.82) is 0 Å². The lowest BCUT2D eigenvalue weighted by atomic mass is 10.3. The number of rotatable bonds is 4. The highest BCUT2D eigenvalue weighted by molar-refractivity contribution is 6.30. The molecule has 0 heterocycles. The van der Waals surface area contributed by atoms with Crippen molar-refractivity contribution < 1.29 is 44.3 Å². The van der Waals surface area contributed by atoms with Gasteiger partial charge in [-0.15, -0.1) is 0 Å². The zero-order chi connectivity index (χ0) is 14.0. The molecule has 1 nitrogen and oxygen atoms in total. The number of hydrogen-bond donors (Lipinski definition) is 0. The lowest BCUT2D eigenvalue weighted by Crippen LogP contribution is -2.43. The summed E-state index contributed by atoms with van der Waals surface area (Å²) in [5.74, 6) is -5.87. The van der Waals surface area contributed by atoms with Crippen LogP contribution >= 0.6 is 11.6 Å². The Bertz CT molecular complexity index is 352. The third-order valence-electron chi connectivity index (χ3n) is 1.17. The van der Waals surface area contributed by atoms with Gasteiger partial charge in [0.1, 0.15) is 0 Å². The highest BCUT2D eigenvalue weighted by atomic mass is 35.5. The monoisotopic (exact) mass is 294 g/mol. The molecule has 100 valence electrons. The van der Waals surface area contributed by atoms with Crippen LogP contribution in [0.3, 0.4) is 0 Å². The molecule has 0 bridgehead atoms. The van der Waals surface area contributed by atoms with E-state index in [1.165, 1.54) is 0 Å². The largest absolute Gasteiger partial charge is 0.472 e. The van der Waals surface area contributed by atoms with Gasteiger partial charge in [-0.3, -0.25) is 0 Å². The molecule has 0 aliphatic rings. The molecule has 0 rings (SSSR count). The van der Waals surface area contributed by atoms with E-state index in [1.54, 1.807) is 0 Å². The number of hydrogen-bond acceptors (Lipinski definition) is 1. The smallest absolute Gasteiger partial charge is 0.397 e. The van der Waals surface area contributed by atoms with E-state index in [9.17, 15) is 39.5 Å². The van der Waals surface area contributed by atoms with Crippen molar-refractivity contribution in [3.63, 3.8) is 0 Å². The van der Waals surface area contributed by atoms with E-state index in [0.717, 1.165) is 0 Å². The summed E-state index contributed by atoms with van der Waals surface area (Å²) in [6, 6.07) is -3.33. The van der Waals surface area contributed by atoms with Gasteiger partial charge in [-0.05, 0) is 0 Å². The summed E-state index contributed by atoms with van der Waals surface area (Å²) in [6.07, 6.45) is -12.9. The molecule has 0 amide bonds. The van der Waals surface area contributed by atoms with Crippen LogP contribution in [0.25, 0.3) is 0 Å². The molecule has 0 aliphatic heterocycles. The second-order valence-corrected chi connectivity index (χ2v) is 2.68. The summed E-state index contributed by atoms with van der Waals surface area (Å²) in [6.45, 7) is 0. The lowest BCUT2D eigenvalue weighted by molar-refractivity contribution is -0.325. The van der Waals surface area contributed by atoms with Gasteiger partial charge in [0.25, 0.3) is 6.08 Å². The fourth-order valence-electron chi connectivity index (χ4n) is 0.462. The highest BCUT2D eigenvalue weighted by Crippen LogP contribution is 2.45. The lowest BCUT2D eigenvalue weighted by Gasteiger charge is -2.24. The number of ether oxygens (including phenoxy) is 1. The maximum atomic E-state index is 12.5. The first kappa shape index (κ1) is 15.9. The predicted molar refractivity (Wildman–Crippen MR) is 36.4 cm³/mol. The van der Waals surface area contributed by atoms with Crippen LogP contribution in [0.5, 0.6) is 0 Å². The van der Waals surface area contributed by atoms with E-state index >= 15 is 0 Å². The van der Waals surface area contributed by atoms with Crippen molar-refractivity contribution in [1.82, 2.24) is 0 Å². The Hall–Kier alpha value is -1.06. The molecule has 0 spiro atoms. The van der Waals surface area contributed by atoms with E-state index in [4.69, 9.17) is 0 Å². The number of halogens is 10. The molecule has 0 saturated heterocycles. The third-order valence-corrected chi connectivity index (χ3v) is 1.55. The van der Waals surface area contributed by atoms with Crippen LogP contribution in [-0.2, 0) is 4.74 Å². The molecule has 0 saturated carbocycles. The Morgan fingerprint density at radius 1 is 0.824 bits per heavy atom. The molecule has 0 unspecified atom stereocenters. The quantitative estimate of drug-likeness (QED) is 0.543. The standard InChI is InChI=1S/C6ClF9O/c7-1(2(8)9)5(13,14)6(15,16)17-4(12)3(10)11. The molecular weight excluding hydrogens is 294 g/mol. The van der Waals surface area contributed by atoms with Crippen LogP contribution in [0.1, 0.15) is 0 Å². The van der Waals surface area contributed by atoms with Gasteiger partial charge >= 0.3 is 24.1 Å². The van der Waals surface area contributed by atoms with Gasteiger partial charge in [0.05, 0.1) is 0 Å². The fourth-order valence-corrected chi connectivity index (χ4v) is 0.572. The molecule has 17 heavy (non-hydrogen) atoms. The fraction of sp³-hybridized carbons (Fsp3) is 0.333. The summed E-state index contributed by atoms with van der Waals surface area (Å²) >= 11 is 4.15. The molecule has 0 aromatic carbocycles.